The van der Waals surface area contributed by atoms with Crippen molar-refractivity contribution in [2.24, 2.45) is 0 Å². The normalized spacial score (nSPS) is 13.4. The summed E-state index contributed by atoms with van der Waals surface area (Å²) in [5, 5.41) is -2.69. The summed E-state index contributed by atoms with van der Waals surface area (Å²) in [6.07, 6.45) is 2.70. The fraction of sp³-hybridized carbons (Fsp3) is 0.240. The monoisotopic (exact) mass is 493 g/mol. The van der Waals surface area contributed by atoms with Gasteiger partial charge in [0.1, 0.15) is 0 Å². The van der Waals surface area contributed by atoms with Gasteiger partial charge in [-0.3, -0.25) is 14.7 Å². The van der Waals surface area contributed by atoms with Gasteiger partial charge in [-0.25, -0.2) is 30.0 Å². The van der Waals surface area contributed by atoms with E-state index >= 15 is 0 Å². The first-order valence-electron chi connectivity index (χ1n) is 10.3. The third-order valence-corrected chi connectivity index (χ3v) is 9.21. The van der Waals surface area contributed by atoms with E-state index in [0.717, 1.165) is 11.1 Å². The Bertz CT molecular complexity index is 1360. The van der Waals surface area contributed by atoms with Gasteiger partial charge in [0.25, 0.3) is 19.7 Å². The van der Waals surface area contributed by atoms with Crippen molar-refractivity contribution in [3.05, 3.63) is 112 Å². The summed E-state index contributed by atoms with van der Waals surface area (Å²) in [6, 6.07) is 14.2. The lowest BCUT2D eigenvalue weighted by Crippen LogP contribution is -2.22. The molecule has 0 saturated carbocycles. The van der Waals surface area contributed by atoms with Crippen LogP contribution in [0.1, 0.15) is 22.3 Å². The number of nitrogens with zero attached hydrogens (tertiary/aromatic N) is 3. The molecule has 0 aliphatic carbocycles. The quantitative estimate of drug-likeness (QED) is 0.438. The number of hydrogen-bond donors (Lipinski definition) is 0. The average Bonchev–Trinajstić information content (AvgIpc) is 2.81. The van der Waals surface area contributed by atoms with Crippen molar-refractivity contribution in [2.45, 2.75) is 47.2 Å². The predicted octanol–water partition coefficient (Wildman–Crippen LogP) is 4.22. The zero-order valence-corrected chi connectivity index (χ0v) is 20.3. The van der Waals surface area contributed by atoms with E-state index in [2.05, 4.69) is 14.7 Å². The molecular weight excluding hydrogens is 470 g/mol. The summed E-state index contributed by atoms with van der Waals surface area (Å²) in [4.78, 5) is 10.9. The summed E-state index contributed by atoms with van der Waals surface area (Å²) in [7, 11) is -7.79. The lowest BCUT2D eigenvalue weighted by molar-refractivity contribution is 0.586. The minimum absolute atomic E-state index is 0.0699. The second-order valence-electron chi connectivity index (χ2n) is 7.99. The highest BCUT2D eigenvalue weighted by atomic mass is 32.2. The molecule has 0 aliphatic rings. The molecule has 0 radical (unpaired) electrons. The van der Waals surface area contributed by atoms with Crippen LogP contribution in [0.5, 0.6) is 0 Å². The molecule has 7 nitrogen and oxygen atoms in total. The molecule has 2 atom stereocenters. The highest BCUT2D eigenvalue weighted by Crippen LogP contribution is 2.24. The van der Waals surface area contributed by atoms with Crippen LogP contribution in [0.2, 0.25) is 0 Å². The van der Waals surface area contributed by atoms with Gasteiger partial charge in [0.05, 0.1) is 22.6 Å². The van der Waals surface area contributed by atoms with E-state index in [1.165, 1.54) is 36.7 Å². The van der Waals surface area contributed by atoms with Gasteiger partial charge in [0.15, 0.2) is 0 Å². The van der Waals surface area contributed by atoms with E-state index in [4.69, 9.17) is 13.1 Å². The van der Waals surface area contributed by atoms with Gasteiger partial charge in [-0.2, -0.15) is 0 Å². The second kappa shape index (κ2) is 10.2. The Morgan fingerprint density at radius 1 is 0.706 bits per heavy atom. The maximum absolute atomic E-state index is 12.9. The Hall–Kier alpha value is -3.53. The number of hydrogen-bond acceptors (Lipinski definition) is 5. The summed E-state index contributed by atoms with van der Waals surface area (Å²) in [6.45, 7) is 18.6. The minimum atomic E-state index is -3.90. The van der Waals surface area contributed by atoms with Crippen molar-refractivity contribution >= 4 is 19.7 Å². The summed E-state index contributed by atoms with van der Waals surface area (Å²) >= 11 is 0. The van der Waals surface area contributed by atoms with Crippen LogP contribution in [-0.4, -0.2) is 32.6 Å². The Kier molecular flexibility index (Phi) is 7.51. The molecule has 3 aromatic rings. The summed E-state index contributed by atoms with van der Waals surface area (Å²) in [5.41, 5.74) is 2.77. The maximum atomic E-state index is 12.9. The average molecular weight is 494 g/mol. The van der Waals surface area contributed by atoms with Gasteiger partial charge in [-0.05, 0) is 49.2 Å². The molecule has 174 valence electrons. The summed E-state index contributed by atoms with van der Waals surface area (Å²) in [5.74, 6) is 0. The predicted molar refractivity (Wildman–Crippen MR) is 129 cm³/mol. The molecule has 9 heteroatoms. The number of aromatic nitrogens is 1. The minimum Gasteiger partial charge on any atom is -0.296 e. The van der Waals surface area contributed by atoms with E-state index in [0.29, 0.717) is 11.1 Å². The molecule has 0 amide bonds. The molecule has 2 unspecified atom stereocenters. The van der Waals surface area contributed by atoms with Crippen molar-refractivity contribution in [2.75, 3.05) is 0 Å². The largest absolute Gasteiger partial charge is 0.329 e. The molecule has 1 heterocycles. The van der Waals surface area contributed by atoms with Gasteiger partial charge in [0.2, 0.25) is 0 Å². The van der Waals surface area contributed by atoms with E-state index in [1.54, 1.807) is 30.3 Å². The molecular formula is C25H23N3O4S2. The van der Waals surface area contributed by atoms with Crippen molar-refractivity contribution in [1.29, 1.82) is 0 Å². The molecule has 3 rings (SSSR count). The van der Waals surface area contributed by atoms with Gasteiger partial charge in [0, 0.05) is 12.4 Å². The zero-order valence-electron chi connectivity index (χ0n) is 18.7. The van der Waals surface area contributed by atoms with Crippen LogP contribution in [0.25, 0.3) is 9.69 Å². The van der Waals surface area contributed by atoms with Crippen molar-refractivity contribution < 1.29 is 16.8 Å². The first-order chi connectivity index (χ1) is 16.1. The van der Waals surface area contributed by atoms with Crippen LogP contribution < -0.4 is 0 Å². The first kappa shape index (κ1) is 25.1. The van der Waals surface area contributed by atoms with Crippen LogP contribution in [0.15, 0.2) is 76.8 Å². The Labute approximate surface area is 200 Å². The van der Waals surface area contributed by atoms with Gasteiger partial charge < -0.3 is 0 Å². The number of benzene rings is 2. The lowest BCUT2D eigenvalue weighted by atomic mass is 10.1. The maximum Gasteiger partial charge on any atom is 0.329 e. The molecule has 34 heavy (non-hydrogen) atoms. The van der Waals surface area contributed by atoms with E-state index in [-0.39, 0.29) is 22.6 Å². The smallest absolute Gasteiger partial charge is 0.296 e. The molecule has 0 spiro atoms. The standard InChI is InChI=1S/C25H23N3O4S2/c1-18-5-9-22(10-6-18)33(29,30)24(26-3)14-20-13-21(17-28-16-20)15-25(27-4)34(31,32)23-11-7-19(2)8-12-23/h5-13,16-17,24-25H,14-15H2,1-2H3. The van der Waals surface area contributed by atoms with Gasteiger partial charge in [-0.15, -0.1) is 0 Å². The molecule has 0 aliphatic heterocycles. The van der Waals surface area contributed by atoms with Crippen LogP contribution in [-0.2, 0) is 32.5 Å². The molecule has 0 bridgehead atoms. The first-order valence-corrected chi connectivity index (χ1v) is 13.4. The van der Waals surface area contributed by atoms with Crippen molar-refractivity contribution in [1.82, 2.24) is 4.98 Å². The SMILES string of the molecule is [C-]#[N+]C(Cc1cncc(CC([N+]#[C-])S(=O)(=O)c2ccc(C)cc2)c1)S(=O)(=O)c1ccc(C)cc1. The Morgan fingerprint density at radius 2 is 1.06 bits per heavy atom. The number of rotatable bonds is 8. The Morgan fingerprint density at radius 3 is 1.38 bits per heavy atom. The topological polar surface area (TPSA) is 89.9 Å². The van der Waals surface area contributed by atoms with Crippen molar-refractivity contribution in [3.8, 4) is 0 Å². The highest BCUT2D eigenvalue weighted by Gasteiger charge is 2.35. The molecule has 1 aromatic heterocycles. The third-order valence-electron chi connectivity index (χ3n) is 5.38. The van der Waals surface area contributed by atoms with Crippen LogP contribution in [0, 0.1) is 27.0 Å². The fourth-order valence-corrected chi connectivity index (χ4v) is 6.15. The zero-order chi connectivity index (χ0) is 24.9. The fourth-order valence-electron chi connectivity index (χ4n) is 3.39. The lowest BCUT2D eigenvalue weighted by Gasteiger charge is -2.11. The second-order valence-corrected chi connectivity index (χ2v) is 12.2. The third kappa shape index (κ3) is 5.51. The van der Waals surface area contributed by atoms with Crippen LogP contribution >= 0.6 is 0 Å². The number of sulfone groups is 2. The van der Waals surface area contributed by atoms with E-state index in [1.807, 2.05) is 13.8 Å². The van der Waals surface area contributed by atoms with E-state index in [9.17, 15) is 16.8 Å². The molecule has 2 aromatic carbocycles. The number of pyridine rings is 1. The molecule has 0 N–H and O–H groups in total. The van der Waals surface area contributed by atoms with Gasteiger partial charge >= 0.3 is 10.7 Å². The summed E-state index contributed by atoms with van der Waals surface area (Å²) < 4.78 is 51.8. The highest BCUT2D eigenvalue weighted by molar-refractivity contribution is 7.92. The molecule has 0 saturated heterocycles. The van der Waals surface area contributed by atoms with Crippen LogP contribution in [0.4, 0.5) is 0 Å². The van der Waals surface area contributed by atoms with E-state index < -0.39 is 30.4 Å². The van der Waals surface area contributed by atoms with Gasteiger partial charge in [-0.1, -0.05) is 41.5 Å². The number of aryl methyl sites for hydroxylation is 2. The molecule has 0 fully saturated rings. The Balaban J connectivity index is 1.83. The van der Waals surface area contributed by atoms with Crippen LogP contribution in [0.3, 0.4) is 0 Å². The van der Waals surface area contributed by atoms with Crippen molar-refractivity contribution in [3.63, 3.8) is 0 Å².